The maximum absolute atomic E-state index is 12.7. The fraction of sp³-hybridized carbons (Fsp3) is 0.700. The van der Waals surface area contributed by atoms with Gasteiger partial charge in [-0.2, -0.15) is 13.2 Å². The Labute approximate surface area is 113 Å². The molecule has 1 aliphatic heterocycles. The largest absolute Gasteiger partial charge is 0.451 e. The van der Waals surface area contributed by atoms with Gasteiger partial charge >= 0.3 is 6.18 Å². The molecule has 0 fully saturated rings. The van der Waals surface area contributed by atoms with Crippen LogP contribution < -0.4 is 5.73 Å². The Morgan fingerprint density at radius 2 is 2.11 bits per heavy atom. The maximum atomic E-state index is 12.7. The molecular formula is C10H14F3N5S. The Hall–Kier alpha value is -1.22. The van der Waals surface area contributed by atoms with Crippen LogP contribution in [0.15, 0.2) is 0 Å². The van der Waals surface area contributed by atoms with E-state index < -0.39 is 12.0 Å². The van der Waals surface area contributed by atoms with Crippen molar-refractivity contribution in [1.82, 2.24) is 19.7 Å². The van der Waals surface area contributed by atoms with E-state index >= 15 is 0 Å². The van der Waals surface area contributed by atoms with Gasteiger partial charge in [0.25, 0.3) is 0 Å². The summed E-state index contributed by atoms with van der Waals surface area (Å²) in [6.45, 7) is 2.99. The molecule has 0 aliphatic carbocycles. The van der Waals surface area contributed by atoms with Crippen LogP contribution in [0.5, 0.6) is 0 Å². The normalized spacial score (nSPS) is 18.1. The van der Waals surface area contributed by atoms with Crippen molar-refractivity contribution in [2.24, 2.45) is 5.73 Å². The molecule has 0 spiro atoms. The number of hydrogen-bond acceptors (Lipinski definition) is 4. The molecule has 2 rings (SSSR count). The number of hydrogen-bond donors (Lipinski definition) is 1. The molecule has 106 valence electrons. The first kappa shape index (κ1) is 14.2. The van der Waals surface area contributed by atoms with Crippen molar-refractivity contribution >= 4 is 17.2 Å². The quantitative estimate of drug-likeness (QED) is 0.848. The number of nitrogens with two attached hydrogens (primary N) is 1. The minimum absolute atomic E-state index is 0.0808. The Morgan fingerprint density at radius 3 is 2.68 bits per heavy atom. The number of rotatable bonds is 3. The standard InChI is InChI=1S/C10H14F3N5S/c1-6(4-7(14)19)17-2-3-18-8(5-17)15-16-9(18)10(11,12)13/h6H,2-5H2,1H3,(H2,14,19). The number of nitrogens with zero attached hydrogens (tertiary/aromatic N) is 4. The first-order chi connectivity index (χ1) is 8.79. The minimum Gasteiger partial charge on any atom is -0.393 e. The van der Waals surface area contributed by atoms with E-state index in [1.54, 1.807) is 0 Å². The van der Waals surface area contributed by atoms with Gasteiger partial charge in [-0.15, -0.1) is 10.2 Å². The lowest BCUT2D eigenvalue weighted by Crippen LogP contribution is -2.42. The number of thiocarbonyl (C=S) groups is 1. The smallest absolute Gasteiger partial charge is 0.393 e. The molecule has 5 nitrogen and oxygen atoms in total. The number of fused-ring (bicyclic) bond motifs is 1. The molecule has 1 aromatic rings. The molecule has 1 atom stereocenters. The van der Waals surface area contributed by atoms with Crippen molar-refractivity contribution < 1.29 is 13.2 Å². The van der Waals surface area contributed by atoms with E-state index in [4.69, 9.17) is 18.0 Å². The average molecular weight is 293 g/mol. The summed E-state index contributed by atoms with van der Waals surface area (Å²) in [6, 6.07) is 0.0808. The van der Waals surface area contributed by atoms with Crippen LogP contribution in [-0.2, 0) is 19.3 Å². The molecule has 0 saturated heterocycles. The van der Waals surface area contributed by atoms with Gasteiger partial charge in [-0.25, -0.2) is 0 Å². The number of aromatic nitrogens is 3. The maximum Gasteiger partial charge on any atom is 0.451 e. The van der Waals surface area contributed by atoms with Crippen molar-refractivity contribution in [1.29, 1.82) is 0 Å². The monoisotopic (exact) mass is 293 g/mol. The van der Waals surface area contributed by atoms with Gasteiger partial charge in [0.1, 0.15) is 5.82 Å². The lowest BCUT2D eigenvalue weighted by Gasteiger charge is -2.32. The first-order valence-corrected chi connectivity index (χ1v) is 6.21. The van der Waals surface area contributed by atoms with E-state index in [1.807, 2.05) is 11.8 Å². The third kappa shape index (κ3) is 3.03. The van der Waals surface area contributed by atoms with Crippen molar-refractivity contribution in [2.75, 3.05) is 6.54 Å². The van der Waals surface area contributed by atoms with Gasteiger partial charge < -0.3 is 10.3 Å². The van der Waals surface area contributed by atoms with Gasteiger partial charge in [0.15, 0.2) is 0 Å². The Balaban J connectivity index is 2.13. The van der Waals surface area contributed by atoms with E-state index in [-0.39, 0.29) is 12.6 Å². The molecule has 2 heterocycles. The second-order valence-corrected chi connectivity index (χ2v) is 5.10. The summed E-state index contributed by atoms with van der Waals surface area (Å²) in [4.78, 5) is 2.40. The summed E-state index contributed by atoms with van der Waals surface area (Å²) < 4.78 is 39.1. The summed E-state index contributed by atoms with van der Waals surface area (Å²) in [5.74, 6) is -0.600. The molecular weight excluding hydrogens is 279 g/mol. The zero-order chi connectivity index (χ0) is 14.2. The van der Waals surface area contributed by atoms with Crippen molar-refractivity contribution in [3.05, 3.63) is 11.6 Å². The third-order valence-electron chi connectivity index (χ3n) is 3.16. The van der Waals surface area contributed by atoms with Crippen LogP contribution in [0, 0.1) is 0 Å². The van der Waals surface area contributed by atoms with Gasteiger partial charge in [0.05, 0.1) is 11.5 Å². The van der Waals surface area contributed by atoms with E-state index in [0.717, 1.165) is 4.57 Å². The molecule has 0 bridgehead atoms. The predicted molar refractivity (Wildman–Crippen MR) is 66.3 cm³/mol. The summed E-state index contributed by atoms with van der Waals surface area (Å²) in [6.07, 6.45) is -3.92. The molecule has 1 aliphatic rings. The summed E-state index contributed by atoms with van der Waals surface area (Å²) in [5.41, 5.74) is 5.48. The van der Waals surface area contributed by atoms with Gasteiger partial charge in [-0.1, -0.05) is 12.2 Å². The summed E-state index contributed by atoms with van der Waals surface area (Å²) in [5, 5.41) is 6.86. The minimum atomic E-state index is -4.46. The zero-order valence-corrected chi connectivity index (χ0v) is 11.1. The zero-order valence-electron chi connectivity index (χ0n) is 10.3. The third-order valence-corrected chi connectivity index (χ3v) is 3.32. The van der Waals surface area contributed by atoms with Crippen LogP contribution in [0.1, 0.15) is 25.0 Å². The highest BCUT2D eigenvalue weighted by molar-refractivity contribution is 7.80. The van der Waals surface area contributed by atoms with Crippen LogP contribution >= 0.6 is 12.2 Å². The van der Waals surface area contributed by atoms with E-state index in [2.05, 4.69) is 10.2 Å². The van der Waals surface area contributed by atoms with Crippen molar-refractivity contribution in [2.45, 2.75) is 38.7 Å². The van der Waals surface area contributed by atoms with Gasteiger partial charge in [0.2, 0.25) is 5.82 Å². The van der Waals surface area contributed by atoms with Crippen LogP contribution in [0.3, 0.4) is 0 Å². The average Bonchev–Trinajstić information content (AvgIpc) is 2.69. The highest BCUT2D eigenvalue weighted by atomic mass is 32.1. The topological polar surface area (TPSA) is 60.0 Å². The fourth-order valence-corrected chi connectivity index (χ4v) is 2.42. The molecule has 0 aromatic carbocycles. The SMILES string of the molecule is CC(CC(N)=S)N1CCn2c(nnc2C(F)(F)F)C1. The van der Waals surface area contributed by atoms with Crippen LogP contribution in [0.25, 0.3) is 0 Å². The Morgan fingerprint density at radius 1 is 1.42 bits per heavy atom. The van der Waals surface area contributed by atoms with E-state index in [9.17, 15) is 13.2 Å². The van der Waals surface area contributed by atoms with Crippen LogP contribution in [0.4, 0.5) is 13.2 Å². The summed E-state index contributed by atoms with van der Waals surface area (Å²) in [7, 11) is 0. The van der Waals surface area contributed by atoms with Crippen LogP contribution in [0.2, 0.25) is 0 Å². The van der Waals surface area contributed by atoms with Crippen molar-refractivity contribution in [3.63, 3.8) is 0 Å². The lowest BCUT2D eigenvalue weighted by molar-refractivity contribution is -0.148. The second-order valence-electron chi connectivity index (χ2n) is 4.58. The molecule has 0 amide bonds. The summed E-state index contributed by atoms with van der Waals surface area (Å²) >= 11 is 4.84. The molecule has 0 radical (unpaired) electrons. The van der Waals surface area contributed by atoms with Crippen molar-refractivity contribution in [3.8, 4) is 0 Å². The molecule has 9 heteroatoms. The Bertz CT molecular complexity index is 484. The number of alkyl halides is 3. The number of halogens is 3. The lowest BCUT2D eigenvalue weighted by atomic mass is 10.2. The van der Waals surface area contributed by atoms with Gasteiger partial charge in [-0.3, -0.25) is 4.90 Å². The fourth-order valence-electron chi connectivity index (χ4n) is 2.18. The van der Waals surface area contributed by atoms with E-state index in [1.165, 1.54) is 0 Å². The molecule has 0 saturated carbocycles. The van der Waals surface area contributed by atoms with Gasteiger partial charge in [0, 0.05) is 25.6 Å². The molecule has 1 unspecified atom stereocenters. The highest BCUT2D eigenvalue weighted by Gasteiger charge is 2.39. The van der Waals surface area contributed by atoms with Gasteiger partial charge in [-0.05, 0) is 6.92 Å². The molecule has 2 N–H and O–H groups in total. The van der Waals surface area contributed by atoms with E-state index in [0.29, 0.717) is 30.3 Å². The first-order valence-electron chi connectivity index (χ1n) is 5.80. The second kappa shape index (κ2) is 5.04. The highest BCUT2D eigenvalue weighted by Crippen LogP contribution is 2.29. The molecule has 19 heavy (non-hydrogen) atoms. The van der Waals surface area contributed by atoms with Crippen LogP contribution in [-0.4, -0.2) is 37.2 Å². The Kier molecular flexibility index (Phi) is 3.77. The predicted octanol–water partition coefficient (Wildman–Crippen LogP) is 1.18. The molecule has 1 aromatic heterocycles.